The van der Waals surface area contributed by atoms with Crippen LogP contribution in [0, 0.1) is 5.92 Å². The summed E-state index contributed by atoms with van der Waals surface area (Å²) in [5, 5.41) is 16.3. The fourth-order valence-electron chi connectivity index (χ4n) is 3.90. The number of halogens is 3. The van der Waals surface area contributed by atoms with Crippen LogP contribution in [0.1, 0.15) is 24.1 Å². The number of ether oxygens (including phenoxy) is 2. The van der Waals surface area contributed by atoms with Gasteiger partial charge in [0.2, 0.25) is 0 Å². The third-order valence-corrected chi connectivity index (χ3v) is 5.18. The summed E-state index contributed by atoms with van der Waals surface area (Å²) in [4.78, 5) is 11.9. The van der Waals surface area contributed by atoms with Gasteiger partial charge in [0.25, 0.3) is 0 Å². The first-order valence-corrected chi connectivity index (χ1v) is 9.39. The van der Waals surface area contributed by atoms with Crippen molar-refractivity contribution in [3.63, 3.8) is 0 Å². The number of carboxylic acids is 1. The number of aliphatic carboxylic acids is 1. The Hall–Kier alpha value is -2.78. The molecular weight excluding hydrogens is 401 g/mol. The molecule has 6 nitrogen and oxygen atoms in total. The average molecular weight is 424 g/mol. The Morgan fingerprint density at radius 3 is 2.50 bits per heavy atom. The van der Waals surface area contributed by atoms with E-state index in [1.807, 2.05) is 30.3 Å². The Morgan fingerprint density at radius 2 is 1.90 bits per heavy atom. The van der Waals surface area contributed by atoms with Gasteiger partial charge in [-0.25, -0.2) is 0 Å². The van der Waals surface area contributed by atoms with Crippen LogP contribution in [0.25, 0.3) is 0 Å². The van der Waals surface area contributed by atoms with Crippen molar-refractivity contribution in [2.24, 2.45) is 5.92 Å². The number of carbonyl (C=O) groups is 1. The van der Waals surface area contributed by atoms with Crippen molar-refractivity contribution in [1.29, 1.82) is 0 Å². The molecule has 0 aromatic heterocycles. The number of hydrogen-bond acceptors (Lipinski definition) is 5. The lowest BCUT2D eigenvalue weighted by Gasteiger charge is -2.25. The molecule has 1 saturated heterocycles. The smallest absolute Gasteiger partial charge is 0.496 e. The van der Waals surface area contributed by atoms with Crippen LogP contribution in [0.5, 0.6) is 11.5 Å². The van der Waals surface area contributed by atoms with Gasteiger partial charge in [-0.15, -0.1) is 13.2 Å². The summed E-state index contributed by atoms with van der Waals surface area (Å²) in [6.45, 7) is 1.90. The largest absolute Gasteiger partial charge is 0.573 e. The molecular formula is C21H23F3N2O4. The van der Waals surface area contributed by atoms with Crippen LogP contribution in [-0.2, 0) is 11.3 Å². The van der Waals surface area contributed by atoms with Gasteiger partial charge in [0, 0.05) is 30.2 Å². The minimum Gasteiger partial charge on any atom is -0.496 e. The summed E-state index contributed by atoms with van der Waals surface area (Å²) >= 11 is 0. The standard InChI is InChI=1S/C21H23F3N2O4/c1-12-17(20(27)28)19(18(26-12)13-6-4-3-5-7-13)25-11-14-10-15(30-21(22,23)24)8-9-16(14)29-2/h3-10,12,17-19,25-26H,11H2,1-2H3,(H,27,28)/t12-,17-,18+,19+/m1/s1. The van der Waals surface area contributed by atoms with Gasteiger partial charge in [-0.3, -0.25) is 4.79 Å². The third kappa shape index (κ3) is 5.03. The second-order valence-corrected chi connectivity index (χ2v) is 7.14. The minimum atomic E-state index is -4.81. The molecule has 3 rings (SSSR count). The highest BCUT2D eigenvalue weighted by atomic mass is 19.4. The van der Waals surface area contributed by atoms with Gasteiger partial charge >= 0.3 is 12.3 Å². The SMILES string of the molecule is COc1ccc(OC(F)(F)F)cc1CN[C@H]1[C@H](C(=O)O)[C@@H](C)N[C@H]1c1ccccc1. The Morgan fingerprint density at radius 1 is 1.20 bits per heavy atom. The second kappa shape index (κ2) is 8.93. The van der Waals surface area contributed by atoms with E-state index in [-0.39, 0.29) is 24.4 Å². The van der Waals surface area contributed by atoms with Crippen LogP contribution >= 0.6 is 0 Å². The van der Waals surface area contributed by atoms with Crippen LogP contribution in [0.3, 0.4) is 0 Å². The molecule has 2 aromatic rings. The highest BCUT2D eigenvalue weighted by molar-refractivity contribution is 5.72. The van der Waals surface area contributed by atoms with Crippen molar-refractivity contribution in [2.75, 3.05) is 7.11 Å². The molecule has 2 aromatic carbocycles. The highest BCUT2D eigenvalue weighted by Gasteiger charge is 2.45. The van der Waals surface area contributed by atoms with E-state index in [1.54, 1.807) is 6.92 Å². The monoisotopic (exact) mass is 424 g/mol. The summed E-state index contributed by atoms with van der Waals surface area (Å²) in [5.74, 6) is -1.67. The zero-order valence-electron chi connectivity index (χ0n) is 16.4. The highest BCUT2D eigenvalue weighted by Crippen LogP contribution is 2.33. The molecule has 1 fully saturated rings. The number of hydrogen-bond donors (Lipinski definition) is 3. The molecule has 0 unspecified atom stereocenters. The van der Waals surface area contributed by atoms with E-state index in [1.165, 1.54) is 25.3 Å². The van der Waals surface area contributed by atoms with Gasteiger partial charge in [0.05, 0.1) is 13.0 Å². The second-order valence-electron chi connectivity index (χ2n) is 7.14. The molecule has 0 aliphatic carbocycles. The molecule has 1 heterocycles. The number of rotatable bonds is 7. The molecule has 162 valence electrons. The third-order valence-electron chi connectivity index (χ3n) is 5.18. The van der Waals surface area contributed by atoms with Crippen molar-refractivity contribution < 1.29 is 32.5 Å². The summed E-state index contributed by atoms with van der Waals surface area (Å²) in [7, 11) is 1.41. The summed E-state index contributed by atoms with van der Waals surface area (Å²) in [6.07, 6.45) is -4.81. The molecule has 0 saturated carbocycles. The maximum atomic E-state index is 12.6. The molecule has 1 aliphatic rings. The number of carboxylic acid groups (broad SMARTS) is 1. The number of benzene rings is 2. The normalized spacial score (nSPS) is 23.9. The Labute approximate surface area is 172 Å². The van der Waals surface area contributed by atoms with Gasteiger partial charge in [-0.05, 0) is 30.7 Å². The lowest BCUT2D eigenvalue weighted by atomic mass is 9.91. The minimum absolute atomic E-state index is 0.102. The van der Waals surface area contributed by atoms with E-state index in [0.29, 0.717) is 11.3 Å². The van der Waals surface area contributed by atoms with Gasteiger partial charge < -0.3 is 25.2 Å². The van der Waals surface area contributed by atoms with Crippen LogP contribution in [0.15, 0.2) is 48.5 Å². The first-order chi connectivity index (χ1) is 14.2. The molecule has 3 N–H and O–H groups in total. The van der Waals surface area contributed by atoms with Crippen molar-refractivity contribution in [3.8, 4) is 11.5 Å². The van der Waals surface area contributed by atoms with Crippen molar-refractivity contribution in [2.45, 2.75) is 38.0 Å². The Kier molecular flexibility index (Phi) is 6.52. The average Bonchev–Trinajstić information content (AvgIpc) is 3.02. The first-order valence-electron chi connectivity index (χ1n) is 9.39. The summed E-state index contributed by atoms with van der Waals surface area (Å²) < 4.78 is 46.9. The first kappa shape index (κ1) is 21.9. The van der Waals surface area contributed by atoms with Crippen LogP contribution in [0.2, 0.25) is 0 Å². The van der Waals surface area contributed by atoms with Gasteiger partial charge in [0.15, 0.2) is 0 Å². The molecule has 0 bridgehead atoms. The van der Waals surface area contributed by atoms with E-state index in [0.717, 1.165) is 5.56 Å². The maximum absolute atomic E-state index is 12.6. The van der Waals surface area contributed by atoms with Crippen molar-refractivity contribution in [3.05, 3.63) is 59.7 Å². The fourth-order valence-corrected chi connectivity index (χ4v) is 3.90. The maximum Gasteiger partial charge on any atom is 0.573 e. The van der Waals surface area contributed by atoms with Crippen LogP contribution in [0.4, 0.5) is 13.2 Å². The molecule has 0 amide bonds. The van der Waals surface area contributed by atoms with E-state index < -0.39 is 24.3 Å². The molecule has 9 heteroatoms. The van der Waals surface area contributed by atoms with E-state index in [9.17, 15) is 23.1 Å². The Bertz CT molecular complexity index is 876. The molecule has 1 aliphatic heterocycles. The predicted molar refractivity (Wildman–Crippen MR) is 103 cm³/mol. The summed E-state index contributed by atoms with van der Waals surface area (Å²) in [6, 6.07) is 12.1. The lowest BCUT2D eigenvalue weighted by Crippen LogP contribution is -2.41. The van der Waals surface area contributed by atoms with Crippen molar-refractivity contribution in [1.82, 2.24) is 10.6 Å². The summed E-state index contributed by atoms with van der Waals surface area (Å²) in [5.41, 5.74) is 1.35. The van der Waals surface area contributed by atoms with Gasteiger partial charge in [-0.1, -0.05) is 30.3 Å². The zero-order chi connectivity index (χ0) is 21.9. The van der Waals surface area contributed by atoms with E-state index in [2.05, 4.69) is 15.4 Å². The lowest BCUT2D eigenvalue weighted by molar-refractivity contribution is -0.274. The fraction of sp³-hybridized carbons (Fsp3) is 0.381. The number of alkyl halides is 3. The Balaban J connectivity index is 1.85. The van der Waals surface area contributed by atoms with E-state index in [4.69, 9.17) is 4.74 Å². The van der Waals surface area contributed by atoms with Gasteiger partial charge in [-0.2, -0.15) is 0 Å². The molecule has 0 spiro atoms. The van der Waals surface area contributed by atoms with Gasteiger partial charge in [0.1, 0.15) is 11.5 Å². The van der Waals surface area contributed by atoms with Crippen LogP contribution < -0.4 is 20.1 Å². The molecule has 0 radical (unpaired) electrons. The number of methoxy groups -OCH3 is 1. The molecule has 30 heavy (non-hydrogen) atoms. The topological polar surface area (TPSA) is 79.8 Å². The van der Waals surface area contributed by atoms with Crippen molar-refractivity contribution >= 4 is 5.97 Å². The van der Waals surface area contributed by atoms with E-state index >= 15 is 0 Å². The molecule has 4 atom stereocenters. The quantitative estimate of drug-likeness (QED) is 0.632. The zero-order valence-corrected chi connectivity index (χ0v) is 16.4. The van der Waals surface area contributed by atoms with Crippen LogP contribution in [-0.4, -0.2) is 36.6 Å². The number of nitrogens with one attached hydrogen (secondary N) is 2. The predicted octanol–water partition coefficient (Wildman–Crippen LogP) is 3.49.